The van der Waals surface area contributed by atoms with Crippen LogP contribution >= 0.6 is 11.3 Å². The van der Waals surface area contributed by atoms with Gasteiger partial charge in [0.05, 0.1) is 27.4 Å². The van der Waals surface area contributed by atoms with Crippen molar-refractivity contribution in [3.63, 3.8) is 0 Å². The molecule has 0 aliphatic rings. The summed E-state index contributed by atoms with van der Waals surface area (Å²) in [6.45, 7) is 4.26. The minimum absolute atomic E-state index is 0.113. The molecular formula is C25H24N2O3S2. The molecule has 0 aliphatic carbocycles. The van der Waals surface area contributed by atoms with E-state index in [0.717, 1.165) is 26.9 Å². The van der Waals surface area contributed by atoms with Gasteiger partial charge in [0.25, 0.3) is 0 Å². The number of rotatable bonds is 7. The Balaban J connectivity index is 1.60. The Morgan fingerprint density at radius 3 is 2.34 bits per heavy atom. The lowest BCUT2D eigenvalue weighted by Crippen LogP contribution is -2.31. The van der Waals surface area contributed by atoms with Gasteiger partial charge in [0.1, 0.15) is 0 Å². The first-order valence-electron chi connectivity index (χ1n) is 10.3. The van der Waals surface area contributed by atoms with Gasteiger partial charge in [-0.15, -0.1) is 0 Å². The Morgan fingerprint density at radius 2 is 1.62 bits per heavy atom. The average Bonchev–Trinajstić information content (AvgIpc) is 3.19. The number of hydrogen-bond acceptors (Lipinski definition) is 5. The molecule has 0 bridgehead atoms. The van der Waals surface area contributed by atoms with Crippen LogP contribution in [0.3, 0.4) is 0 Å². The van der Waals surface area contributed by atoms with E-state index in [1.807, 2.05) is 62.4 Å². The molecule has 164 valence electrons. The van der Waals surface area contributed by atoms with Crippen LogP contribution in [0.25, 0.3) is 10.2 Å². The molecule has 0 saturated carbocycles. The van der Waals surface area contributed by atoms with Crippen LogP contribution in [0.4, 0.5) is 5.13 Å². The zero-order valence-electron chi connectivity index (χ0n) is 18.0. The summed E-state index contributed by atoms with van der Waals surface area (Å²) in [5.41, 5.74) is 3.89. The summed E-state index contributed by atoms with van der Waals surface area (Å²) in [4.78, 5) is 19.7. The second kappa shape index (κ2) is 9.22. The van der Waals surface area contributed by atoms with Crippen molar-refractivity contribution in [2.75, 3.05) is 10.7 Å². The minimum atomic E-state index is -3.56. The van der Waals surface area contributed by atoms with E-state index in [1.54, 1.807) is 29.2 Å². The summed E-state index contributed by atoms with van der Waals surface area (Å²) in [6.07, 6.45) is -0.113. The van der Waals surface area contributed by atoms with Crippen molar-refractivity contribution in [3.8, 4) is 0 Å². The van der Waals surface area contributed by atoms with E-state index in [0.29, 0.717) is 11.7 Å². The number of carbonyl (C=O) groups is 1. The van der Waals surface area contributed by atoms with Gasteiger partial charge in [0, 0.05) is 6.42 Å². The number of nitrogens with zero attached hydrogens (tertiary/aromatic N) is 2. The number of thiazole rings is 1. The predicted molar refractivity (Wildman–Crippen MR) is 130 cm³/mol. The lowest BCUT2D eigenvalue weighted by Gasteiger charge is -2.20. The van der Waals surface area contributed by atoms with Gasteiger partial charge < -0.3 is 0 Å². The van der Waals surface area contributed by atoms with E-state index < -0.39 is 9.84 Å². The lowest BCUT2D eigenvalue weighted by atomic mass is 10.2. The van der Waals surface area contributed by atoms with Gasteiger partial charge in [-0.3, -0.25) is 9.69 Å². The normalized spacial score (nSPS) is 11.6. The molecule has 0 aliphatic heterocycles. The van der Waals surface area contributed by atoms with Gasteiger partial charge in [-0.05, 0) is 49.2 Å². The molecule has 0 spiro atoms. The van der Waals surface area contributed by atoms with Crippen LogP contribution in [0, 0.1) is 13.8 Å². The Bertz CT molecular complexity index is 1350. The third-order valence-corrected chi connectivity index (χ3v) is 7.99. The van der Waals surface area contributed by atoms with Crippen LogP contribution in [0.2, 0.25) is 0 Å². The Labute approximate surface area is 192 Å². The maximum absolute atomic E-state index is 13.3. The highest BCUT2D eigenvalue weighted by Crippen LogP contribution is 2.31. The number of carbonyl (C=O) groups excluding carboxylic acids is 1. The fourth-order valence-electron chi connectivity index (χ4n) is 3.38. The van der Waals surface area contributed by atoms with Crippen molar-refractivity contribution >= 4 is 42.4 Å². The number of sulfone groups is 1. The number of fused-ring (bicyclic) bond motifs is 1. The zero-order chi connectivity index (χ0) is 22.7. The summed E-state index contributed by atoms with van der Waals surface area (Å²) in [5.74, 6) is -0.509. The van der Waals surface area contributed by atoms with Gasteiger partial charge >= 0.3 is 0 Å². The molecule has 1 aromatic heterocycles. The number of aryl methyl sites for hydroxylation is 2. The molecule has 1 heterocycles. The van der Waals surface area contributed by atoms with E-state index in [4.69, 9.17) is 0 Å². The molecule has 4 aromatic rings. The van der Waals surface area contributed by atoms with Crippen molar-refractivity contribution in [1.82, 2.24) is 4.98 Å². The van der Waals surface area contributed by atoms with E-state index in [1.165, 1.54) is 11.3 Å². The van der Waals surface area contributed by atoms with Crippen molar-refractivity contribution in [1.29, 1.82) is 0 Å². The van der Waals surface area contributed by atoms with Crippen LogP contribution in [0.5, 0.6) is 0 Å². The molecule has 0 saturated heterocycles. The van der Waals surface area contributed by atoms with Crippen LogP contribution in [0.1, 0.15) is 23.1 Å². The van der Waals surface area contributed by atoms with Gasteiger partial charge in [0.15, 0.2) is 15.0 Å². The van der Waals surface area contributed by atoms with E-state index in [2.05, 4.69) is 4.98 Å². The third kappa shape index (κ3) is 5.06. The van der Waals surface area contributed by atoms with E-state index in [-0.39, 0.29) is 23.0 Å². The molecule has 0 atom stereocenters. The first kappa shape index (κ1) is 22.2. The SMILES string of the molecule is Cc1ccc(S(=O)(=O)CCC(=O)N(Cc2ccccc2)c2nc3ccc(C)cc3s2)cc1. The van der Waals surface area contributed by atoms with Crippen LogP contribution in [-0.4, -0.2) is 25.1 Å². The molecule has 32 heavy (non-hydrogen) atoms. The number of hydrogen-bond donors (Lipinski definition) is 0. The van der Waals surface area contributed by atoms with Crippen LogP contribution in [0.15, 0.2) is 77.7 Å². The highest BCUT2D eigenvalue weighted by molar-refractivity contribution is 7.91. The molecule has 1 amide bonds. The quantitative estimate of drug-likeness (QED) is 0.372. The Kier molecular flexibility index (Phi) is 6.39. The smallest absolute Gasteiger partial charge is 0.230 e. The lowest BCUT2D eigenvalue weighted by molar-refractivity contribution is -0.118. The van der Waals surface area contributed by atoms with Gasteiger partial charge in [0.2, 0.25) is 5.91 Å². The number of anilines is 1. The second-order valence-electron chi connectivity index (χ2n) is 7.82. The number of benzene rings is 3. The first-order chi connectivity index (χ1) is 15.3. The molecule has 0 unspecified atom stereocenters. The molecule has 0 radical (unpaired) electrons. The monoisotopic (exact) mass is 464 g/mol. The summed E-state index contributed by atoms with van der Waals surface area (Å²) in [6, 6.07) is 22.3. The predicted octanol–water partition coefficient (Wildman–Crippen LogP) is 5.31. The van der Waals surface area contributed by atoms with Crippen molar-refractivity contribution in [3.05, 3.63) is 89.5 Å². The van der Waals surface area contributed by atoms with Crippen LogP contribution < -0.4 is 4.90 Å². The number of aromatic nitrogens is 1. The van der Waals surface area contributed by atoms with Crippen molar-refractivity contribution in [2.24, 2.45) is 0 Å². The fourth-order valence-corrected chi connectivity index (χ4v) is 5.69. The standard InChI is InChI=1S/C25H24N2O3S2/c1-18-8-11-21(12-9-18)32(29,30)15-14-24(28)27(17-20-6-4-3-5-7-20)25-26-22-13-10-19(2)16-23(22)31-25/h3-13,16H,14-15,17H2,1-2H3. The topological polar surface area (TPSA) is 67.3 Å². The molecule has 4 rings (SSSR count). The molecule has 3 aromatic carbocycles. The zero-order valence-corrected chi connectivity index (χ0v) is 19.6. The maximum Gasteiger partial charge on any atom is 0.230 e. The van der Waals surface area contributed by atoms with E-state index >= 15 is 0 Å². The van der Waals surface area contributed by atoms with Gasteiger partial charge in [-0.1, -0.05) is 65.4 Å². The highest BCUT2D eigenvalue weighted by Gasteiger charge is 2.23. The largest absolute Gasteiger partial charge is 0.284 e. The van der Waals surface area contributed by atoms with Gasteiger partial charge in [-0.2, -0.15) is 0 Å². The maximum atomic E-state index is 13.3. The number of amides is 1. The highest BCUT2D eigenvalue weighted by atomic mass is 32.2. The van der Waals surface area contributed by atoms with Crippen molar-refractivity contribution < 1.29 is 13.2 Å². The third-order valence-electron chi connectivity index (χ3n) is 5.21. The minimum Gasteiger partial charge on any atom is -0.284 e. The summed E-state index contributed by atoms with van der Waals surface area (Å²) < 4.78 is 26.5. The molecule has 0 fully saturated rings. The van der Waals surface area contributed by atoms with Crippen molar-refractivity contribution in [2.45, 2.75) is 31.7 Å². The van der Waals surface area contributed by atoms with E-state index in [9.17, 15) is 13.2 Å². The molecule has 0 N–H and O–H groups in total. The Morgan fingerprint density at radius 1 is 0.938 bits per heavy atom. The molecule has 7 heteroatoms. The summed E-state index contributed by atoms with van der Waals surface area (Å²) in [7, 11) is -3.56. The van der Waals surface area contributed by atoms with Gasteiger partial charge in [-0.25, -0.2) is 13.4 Å². The van der Waals surface area contributed by atoms with Crippen LogP contribution in [-0.2, 0) is 21.2 Å². The fraction of sp³-hybridized carbons (Fsp3) is 0.200. The molecular weight excluding hydrogens is 440 g/mol. The summed E-state index contributed by atoms with van der Waals surface area (Å²) >= 11 is 1.44. The Hall–Kier alpha value is -3.03. The second-order valence-corrected chi connectivity index (χ2v) is 10.9. The molecule has 5 nitrogen and oxygen atoms in total. The average molecular weight is 465 g/mol. The first-order valence-corrected chi connectivity index (χ1v) is 12.8. The summed E-state index contributed by atoms with van der Waals surface area (Å²) in [5, 5.41) is 0.576.